The first-order chi connectivity index (χ1) is 11.7. The van der Waals surface area contributed by atoms with E-state index in [-0.39, 0.29) is 17.4 Å². The first-order valence-corrected chi connectivity index (χ1v) is 8.66. The molecule has 3 heterocycles. The van der Waals surface area contributed by atoms with Crippen molar-refractivity contribution in [3.8, 4) is 0 Å². The lowest BCUT2D eigenvalue weighted by Crippen LogP contribution is -2.36. The number of amides is 1. The van der Waals surface area contributed by atoms with Crippen LogP contribution >= 0.6 is 11.5 Å². The molecular weight excluding hydrogens is 330 g/mol. The van der Waals surface area contributed by atoms with Gasteiger partial charge in [0.15, 0.2) is 0 Å². The third kappa shape index (κ3) is 3.85. The second-order valence-corrected chi connectivity index (χ2v) is 6.46. The van der Waals surface area contributed by atoms with Crippen LogP contribution in [0.4, 0.5) is 0 Å². The zero-order valence-corrected chi connectivity index (χ0v) is 14.2. The molecule has 8 nitrogen and oxygen atoms in total. The number of hydrogen-bond donors (Lipinski definition) is 1. The molecule has 0 radical (unpaired) electrons. The SMILES string of the molecule is CCc1nnsc1C(=O)N1CCOCC(Cc2cc(=O)[nH]cn2)C1. The quantitative estimate of drug-likeness (QED) is 0.863. The summed E-state index contributed by atoms with van der Waals surface area (Å²) in [4.78, 5) is 33.2. The average Bonchev–Trinajstić information content (AvgIpc) is 2.93. The molecule has 2 aromatic heterocycles. The third-order valence-corrected chi connectivity index (χ3v) is 4.70. The van der Waals surface area contributed by atoms with E-state index in [1.807, 2.05) is 6.92 Å². The number of nitrogens with one attached hydrogen (secondary N) is 1. The lowest BCUT2D eigenvalue weighted by molar-refractivity contribution is 0.0741. The molecule has 128 valence electrons. The maximum Gasteiger partial charge on any atom is 0.267 e. The largest absolute Gasteiger partial charge is 0.379 e. The van der Waals surface area contributed by atoms with Gasteiger partial charge in [0.1, 0.15) is 4.88 Å². The van der Waals surface area contributed by atoms with Gasteiger partial charge in [0.25, 0.3) is 11.5 Å². The highest BCUT2D eigenvalue weighted by molar-refractivity contribution is 7.08. The molecule has 1 aliphatic heterocycles. The maximum atomic E-state index is 12.8. The Kier molecular flexibility index (Phi) is 5.31. The summed E-state index contributed by atoms with van der Waals surface area (Å²) in [6.07, 6.45) is 2.67. The van der Waals surface area contributed by atoms with Crippen molar-refractivity contribution in [3.63, 3.8) is 0 Å². The minimum absolute atomic E-state index is 0.0452. The number of carbonyl (C=O) groups excluding carboxylic acids is 1. The van der Waals surface area contributed by atoms with E-state index in [0.29, 0.717) is 49.7 Å². The van der Waals surface area contributed by atoms with E-state index in [4.69, 9.17) is 4.74 Å². The van der Waals surface area contributed by atoms with Crippen molar-refractivity contribution in [2.75, 3.05) is 26.3 Å². The van der Waals surface area contributed by atoms with Crippen molar-refractivity contribution in [3.05, 3.63) is 39.0 Å². The van der Waals surface area contributed by atoms with Gasteiger partial charge in [-0.05, 0) is 24.4 Å². The summed E-state index contributed by atoms with van der Waals surface area (Å²) in [5.41, 5.74) is 1.27. The number of ether oxygens (including phenoxy) is 1. The molecule has 1 atom stereocenters. The molecule has 0 saturated carbocycles. The fraction of sp³-hybridized carbons (Fsp3) is 0.533. The van der Waals surface area contributed by atoms with Crippen LogP contribution in [-0.2, 0) is 17.6 Å². The second-order valence-electron chi connectivity index (χ2n) is 5.70. The van der Waals surface area contributed by atoms with Gasteiger partial charge in [0.2, 0.25) is 0 Å². The fourth-order valence-corrected chi connectivity index (χ4v) is 3.47. The molecule has 1 unspecified atom stereocenters. The average molecular weight is 349 g/mol. The normalized spacial score (nSPS) is 18.4. The number of H-pyrrole nitrogens is 1. The Morgan fingerprint density at radius 1 is 1.54 bits per heavy atom. The Labute approximate surface area is 143 Å². The molecule has 1 amide bonds. The van der Waals surface area contributed by atoms with Gasteiger partial charge >= 0.3 is 0 Å². The number of hydrogen-bond acceptors (Lipinski definition) is 7. The summed E-state index contributed by atoms with van der Waals surface area (Å²) in [7, 11) is 0. The van der Waals surface area contributed by atoms with E-state index in [0.717, 1.165) is 17.2 Å². The number of aryl methyl sites for hydroxylation is 1. The zero-order chi connectivity index (χ0) is 16.9. The van der Waals surface area contributed by atoms with E-state index in [2.05, 4.69) is 19.6 Å². The van der Waals surface area contributed by atoms with E-state index in [1.54, 1.807) is 4.90 Å². The minimum Gasteiger partial charge on any atom is -0.379 e. The molecular formula is C15H19N5O3S. The Morgan fingerprint density at radius 2 is 2.42 bits per heavy atom. The molecule has 0 spiro atoms. The molecule has 2 aromatic rings. The molecule has 0 bridgehead atoms. The summed E-state index contributed by atoms with van der Waals surface area (Å²) in [5.74, 6) is 0.0490. The molecule has 3 rings (SSSR count). The summed E-state index contributed by atoms with van der Waals surface area (Å²) in [5, 5.41) is 4.01. The van der Waals surface area contributed by atoms with Gasteiger partial charge in [-0.15, -0.1) is 5.10 Å². The van der Waals surface area contributed by atoms with E-state index in [1.165, 1.54) is 12.4 Å². The van der Waals surface area contributed by atoms with Crippen LogP contribution in [0.5, 0.6) is 0 Å². The van der Waals surface area contributed by atoms with Crippen LogP contribution in [0.1, 0.15) is 28.0 Å². The second kappa shape index (κ2) is 7.63. The Morgan fingerprint density at radius 3 is 3.21 bits per heavy atom. The molecule has 1 fully saturated rings. The lowest BCUT2D eigenvalue weighted by Gasteiger charge is -2.23. The van der Waals surface area contributed by atoms with Gasteiger partial charge in [-0.3, -0.25) is 9.59 Å². The van der Waals surface area contributed by atoms with Crippen molar-refractivity contribution in [2.45, 2.75) is 19.8 Å². The van der Waals surface area contributed by atoms with Gasteiger partial charge in [-0.2, -0.15) is 0 Å². The topological polar surface area (TPSA) is 101 Å². The van der Waals surface area contributed by atoms with Crippen molar-refractivity contribution >= 4 is 17.4 Å². The first-order valence-electron chi connectivity index (χ1n) is 7.89. The van der Waals surface area contributed by atoms with Gasteiger partial charge in [0.05, 0.1) is 25.2 Å². The smallest absolute Gasteiger partial charge is 0.267 e. The highest BCUT2D eigenvalue weighted by Crippen LogP contribution is 2.18. The van der Waals surface area contributed by atoms with Crippen LogP contribution in [0.2, 0.25) is 0 Å². The standard InChI is InChI=1S/C15H19N5O3S/c1-2-12-14(24-19-18-12)15(22)20-3-4-23-8-10(7-20)5-11-6-13(21)17-9-16-11/h6,9-10H,2-5,7-8H2,1H3,(H,16,17,21). The molecule has 24 heavy (non-hydrogen) atoms. The van der Waals surface area contributed by atoms with Crippen LogP contribution in [0, 0.1) is 5.92 Å². The highest BCUT2D eigenvalue weighted by atomic mass is 32.1. The molecule has 0 aromatic carbocycles. The Hall–Kier alpha value is -2.13. The number of aromatic amines is 1. The molecule has 0 aliphatic carbocycles. The van der Waals surface area contributed by atoms with Crippen molar-refractivity contribution in [1.29, 1.82) is 0 Å². The molecule has 1 saturated heterocycles. The first kappa shape index (κ1) is 16.7. The minimum atomic E-state index is -0.175. The van der Waals surface area contributed by atoms with Crippen LogP contribution in [0.15, 0.2) is 17.2 Å². The van der Waals surface area contributed by atoms with Crippen LogP contribution < -0.4 is 5.56 Å². The van der Waals surface area contributed by atoms with E-state index >= 15 is 0 Å². The summed E-state index contributed by atoms with van der Waals surface area (Å²) in [6, 6.07) is 1.49. The van der Waals surface area contributed by atoms with Crippen LogP contribution in [0.3, 0.4) is 0 Å². The predicted octanol–water partition coefficient (Wildman–Crippen LogP) is 0.515. The van der Waals surface area contributed by atoms with Gasteiger partial charge < -0.3 is 14.6 Å². The zero-order valence-electron chi connectivity index (χ0n) is 13.4. The Balaban J connectivity index is 1.72. The molecule has 1 N–H and O–H groups in total. The molecule has 9 heteroatoms. The molecule has 1 aliphatic rings. The summed E-state index contributed by atoms with van der Waals surface area (Å²) < 4.78 is 9.52. The van der Waals surface area contributed by atoms with Crippen molar-refractivity contribution < 1.29 is 9.53 Å². The van der Waals surface area contributed by atoms with Gasteiger partial charge in [-0.25, -0.2) is 4.98 Å². The van der Waals surface area contributed by atoms with Crippen molar-refractivity contribution in [1.82, 2.24) is 24.5 Å². The predicted molar refractivity (Wildman–Crippen MR) is 88.1 cm³/mol. The van der Waals surface area contributed by atoms with E-state index < -0.39 is 0 Å². The summed E-state index contributed by atoms with van der Waals surface area (Å²) >= 11 is 1.14. The monoisotopic (exact) mass is 349 g/mol. The van der Waals surface area contributed by atoms with E-state index in [9.17, 15) is 9.59 Å². The number of rotatable bonds is 4. The third-order valence-electron chi connectivity index (χ3n) is 3.94. The number of aromatic nitrogens is 4. The lowest BCUT2D eigenvalue weighted by atomic mass is 10.0. The Bertz CT molecular complexity index is 759. The fourth-order valence-electron chi connectivity index (χ4n) is 2.75. The highest BCUT2D eigenvalue weighted by Gasteiger charge is 2.26. The number of nitrogens with zero attached hydrogens (tertiary/aromatic N) is 4. The van der Waals surface area contributed by atoms with Crippen molar-refractivity contribution in [2.24, 2.45) is 5.92 Å². The van der Waals surface area contributed by atoms with Crippen LogP contribution in [-0.4, -0.2) is 56.7 Å². The number of carbonyl (C=O) groups is 1. The van der Waals surface area contributed by atoms with Gasteiger partial charge in [-0.1, -0.05) is 11.4 Å². The summed E-state index contributed by atoms with van der Waals surface area (Å²) in [6.45, 7) is 4.10. The van der Waals surface area contributed by atoms with Crippen LogP contribution in [0.25, 0.3) is 0 Å². The van der Waals surface area contributed by atoms with Gasteiger partial charge in [0, 0.05) is 30.8 Å². The maximum absolute atomic E-state index is 12.8.